The lowest BCUT2D eigenvalue weighted by Crippen LogP contribution is -2.17. The number of sulfonamides is 1. The van der Waals surface area contributed by atoms with Gasteiger partial charge in [-0.1, -0.05) is 29.0 Å². The number of rotatable bonds is 6. The zero-order valence-electron chi connectivity index (χ0n) is 14.5. The summed E-state index contributed by atoms with van der Waals surface area (Å²) in [7, 11) is -3.78. The minimum atomic E-state index is -3.78. The third-order valence-electron chi connectivity index (χ3n) is 3.46. The number of benzene rings is 1. The molecule has 0 fully saturated rings. The van der Waals surface area contributed by atoms with Gasteiger partial charge in [0, 0.05) is 0 Å². The summed E-state index contributed by atoms with van der Waals surface area (Å²) in [4.78, 5) is 16.7. The molecule has 0 aliphatic rings. The van der Waals surface area contributed by atoms with Crippen LogP contribution in [-0.2, 0) is 10.0 Å². The molecule has 3 aromatic rings. The Hall–Kier alpha value is -2.98. The van der Waals surface area contributed by atoms with Gasteiger partial charge < -0.3 is 4.42 Å². The Bertz CT molecular complexity index is 1070. The number of anilines is 1. The molecule has 0 spiro atoms. The zero-order chi connectivity index (χ0) is 19.4. The molecular formula is C17H16N4O4S2. The van der Waals surface area contributed by atoms with Crippen LogP contribution in [0.15, 0.2) is 57.1 Å². The van der Waals surface area contributed by atoms with Crippen LogP contribution < -0.4 is 10.1 Å². The molecule has 8 nitrogen and oxygen atoms in total. The van der Waals surface area contributed by atoms with Crippen molar-refractivity contribution in [3.63, 3.8) is 0 Å². The van der Waals surface area contributed by atoms with Crippen molar-refractivity contribution < 1.29 is 17.6 Å². The van der Waals surface area contributed by atoms with E-state index < -0.39 is 15.9 Å². The summed E-state index contributed by atoms with van der Waals surface area (Å²) in [6.45, 7) is 3.48. The molecule has 2 aromatic heterocycles. The number of hydrazone groups is 1. The highest BCUT2D eigenvalue weighted by Gasteiger charge is 2.20. The van der Waals surface area contributed by atoms with Gasteiger partial charge in [0.25, 0.3) is 15.9 Å². The Labute approximate surface area is 160 Å². The topological polar surface area (TPSA) is 114 Å². The van der Waals surface area contributed by atoms with Gasteiger partial charge in [0.15, 0.2) is 5.13 Å². The van der Waals surface area contributed by atoms with E-state index in [0.717, 1.165) is 16.9 Å². The van der Waals surface area contributed by atoms with Crippen molar-refractivity contribution in [2.45, 2.75) is 18.7 Å². The van der Waals surface area contributed by atoms with Crippen LogP contribution in [0.5, 0.6) is 0 Å². The van der Waals surface area contributed by atoms with E-state index in [1.165, 1.54) is 24.6 Å². The van der Waals surface area contributed by atoms with Crippen LogP contribution in [0.25, 0.3) is 0 Å². The van der Waals surface area contributed by atoms with Gasteiger partial charge in [0.2, 0.25) is 0 Å². The van der Waals surface area contributed by atoms with Crippen LogP contribution in [0.2, 0.25) is 0 Å². The normalized spacial score (nSPS) is 11.6. The monoisotopic (exact) mass is 404 g/mol. The first kappa shape index (κ1) is 18.8. The number of aromatic nitrogens is 1. The lowest BCUT2D eigenvalue weighted by Gasteiger charge is -2.05. The minimum Gasteiger partial charge on any atom is -0.463 e. The molecule has 0 radical (unpaired) electrons. The molecule has 0 saturated carbocycles. The van der Waals surface area contributed by atoms with Gasteiger partial charge in [0.05, 0.1) is 23.1 Å². The minimum absolute atomic E-state index is 0.105. The molecule has 1 aromatic carbocycles. The average molecular weight is 404 g/mol. The van der Waals surface area contributed by atoms with Gasteiger partial charge in [-0.3, -0.25) is 9.52 Å². The Morgan fingerprint density at radius 1 is 1.22 bits per heavy atom. The van der Waals surface area contributed by atoms with E-state index in [1.54, 1.807) is 31.2 Å². The Kier molecular flexibility index (Phi) is 5.38. The van der Waals surface area contributed by atoms with Gasteiger partial charge in [-0.05, 0) is 38.1 Å². The highest BCUT2D eigenvalue weighted by atomic mass is 32.2. The molecule has 3 rings (SSSR count). The molecule has 2 N–H and O–H groups in total. The second-order valence-electron chi connectivity index (χ2n) is 5.57. The SMILES string of the molecule is Cc1ccc(S(=O)(=O)Nc2nc(C)c(C(=O)N/N=C/c3ccco3)s2)cc1. The summed E-state index contributed by atoms with van der Waals surface area (Å²) in [6, 6.07) is 9.81. The van der Waals surface area contributed by atoms with E-state index in [-0.39, 0.29) is 14.9 Å². The summed E-state index contributed by atoms with van der Waals surface area (Å²) in [6.07, 6.45) is 2.85. The first-order valence-electron chi connectivity index (χ1n) is 7.79. The number of nitrogens with zero attached hydrogens (tertiary/aromatic N) is 2. The number of carbonyl (C=O) groups excluding carboxylic acids is 1. The lowest BCUT2D eigenvalue weighted by molar-refractivity contribution is 0.0958. The summed E-state index contributed by atoms with van der Waals surface area (Å²) in [5, 5.41) is 3.90. The molecule has 10 heteroatoms. The molecule has 2 heterocycles. The Balaban J connectivity index is 1.72. The van der Waals surface area contributed by atoms with Crippen molar-refractivity contribution >= 4 is 38.6 Å². The van der Waals surface area contributed by atoms with Crippen LogP contribution in [0.1, 0.15) is 26.7 Å². The standard InChI is InChI=1S/C17H16N4O4S2/c1-11-5-7-14(8-6-11)27(23,24)21-17-19-12(2)15(26-17)16(22)20-18-10-13-4-3-9-25-13/h3-10H,1-2H3,(H,19,21)(H,20,22)/b18-10+. The second kappa shape index (κ2) is 7.72. The molecule has 0 bridgehead atoms. The maximum Gasteiger partial charge on any atom is 0.283 e. The van der Waals surface area contributed by atoms with Crippen LogP contribution in [-0.4, -0.2) is 25.5 Å². The summed E-state index contributed by atoms with van der Waals surface area (Å²) in [5.74, 6) is -0.00327. The van der Waals surface area contributed by atoms with E-state index in [1.807, 2.05) is 6.92 Å². The number of amides is 1. The molecule has 140 valence electrons. The second-order valence-corrected chi connectivity index (χ2v) is 8.25. The van der Waals surface area contributed by atoms with Crippen LogP contribution >= 0.6 is 11.3 Å². The highest BCUT2D eigenvalue weighted by Crippen LogP contribution is 2.25. The van der Waals surface area contributed by atoms with Gasteiger partial charge >= 0.3 is 0 Å². The molecular weight excluding hydrogens is 388 g/mol. The first-order valence-corrected chi connectivity index (χ1v) is 10.1. The zero-order valence-corrected chi connectivity index (χ0v) is 16.1. The van der Waals surface area contributed by atoms with E-state index in [9.17, 15) is 13.2 Å². The van der Waals surface area contributed by atoms with E-state index in [0.29, 0.717) is 11.5 Å². The Morgan fingerprint density at radius 2 is 1.96 bits per heavy atom. The van der Waals surface area contributed by atoms with Crippen molar-refractivity contribution in [2.24, 2.45) is 5.10 Å². The van der Waals surface area contributed by atoms with Crippen LogP contribution in [0.3, 0.4) is 0 Å². The third kappa shape index (κ3) is 4.60. The maximum atomic E-state index is 12.4. The fourth-order valence-corrected chi connectivity index (χ4v) is 4.20. The molecule has 0 aliphatic carbocycles. The number of carbonyl (C=O) groups is 1. The quantitative estimate of drug-likeness (QED) is 0.484. The van der Waals surface area contributed by atoms with E-state index in [2.05, 4.69) is 20.2 Å². The van der Waals surface area contributed by atoms with Gasteiger partial charge in [-0.15, -0.1) is 0 Å². The number of thiazole rings is 1. The van der Waals surface area contributed by atoms with Crippen molar-refractivity contribution in [1.82, 2.24) is 10.4 Å². The fraction of sp³-hybridized carbons (Fsp3) is 0.118. The lowest BCUT2D eigenvalue weighted by atomic mass is 10.2. The number of hydrogen-bond acceptors (Lipinski definition) is 7. The molecule has 0 unspecified atom stereocenters. The molecule has 1 amide bonds. The summed E-state index contributed by atoms with van der Waals surface area (Å²) >= 11 is 0.929. The molecule has 0 aliphatic heterocycles. The third-order valence-corrected chi connectivity index (χ3v) is 6.01. The number of hydrogen-bond donors (Lipinski definition) is 2. The Morgan fingerprint density at radius 3 is 2.63 bits per heavy atom. The molecule has 27 heavy (non-hydrogen) atoms. The van der Waals surface area contributed by atoms with E-state index >= 15 is 0 Å². The van der Waals surface area contributed by atoms with E-state index in [4.69, 9.17) is 4.42 Å². The van der Waals surface area contributed by atoms with Crippen LogP contribution in [0, 0.1) is 13.8 Å². The average Bonchev–Trinajstić information content (AvgIpc) is 3.24. The predicted octanol–water partition coefficient (Wildman–Crippen LogP) is 2.92. The molecule has 0 saturated heterocycles. The van der Waals surface area contributed by atoms with Gasteiger partial charge in [0.1, 0.15) is 10.6 Å². The predicted molar refractivity (Wildman–Crippen MR) is 103 cm³/mol. The maximum absolute atomic E-state index is 12.4. The van der Waals surface area contributed by atoms with Crippen molar-refractivity contribution in [3.05, 3.63) is 64.6 Å². The fourth-order valence-electron chi connectivity index (χ4n) is 2.11. The number of aryl methyl sites for hydroxylation is 2. The summed E-state index contributed by atoms with van der Waals surface area (Å²) in [5.41, 5.74) is 3.70. The number of nitrogens with one attached hydrogen (secondary N) is 2. The largest absolute Gasteiger partial charge is 0.463 e. The first-order chi connectivity index (χ1) is 12.8. The van der Waals surface area contributed by atoms with Crippen molar-refractivity contribution in [3.8, 4) is 0 Å². The smallest absolute Gasteiger partial charge is 0.283 e. The highest BCUT2D eigenvalue weighted by molar-refractivity contribution is 7.93. The van der Waals surface area contributed by atoms with Gasteiger partial charge in [-0.2, -0.15) is 5.10 Å². The summed E-state index contributed by atoms with van der Waals surface area (Å²) < 4.78 is 32.3. The van der Waals surface area contributed by atoms with Crippen molar-refractivity contribution in [1.29, 1.82) is 0 Å². The van der Waals surface area contributed by atoms with Crippen molar-refractivity contribution in [2.75, 3.05) is 4.72 Å². The van der Waals surface area contributed by atoms with Gasteiger partial charge in [-0.25, -0.2) is 18.8 Å². The molecule has 0 atom stereocenters. The van der Waals surface area contributed by atoms with Crippen LogP contribution in [0.4, 0.5) is 5.13 Å². The number of furan rings is 1.